The lowest BCUT2D eigenvalue weighted by Gasteiger charge is -2.01. The summed E-state index contributed by atoms with van der Waals surface area (Å²) in [5.74, 6) is -0.488. The Balaban J connectivity index is 2.04. The smallest absolute Gasteiger partial charge is 0.340 e. The second kappa shape index (κ2) is 5.61. The molecular weight excluding hydrogens is 308 g/mol. The van der Waals surface area contributed by atoms with Gasteiger partial charge in [-0.05, 0) is 19.1 Å². The Kier molecular flexibility index (Phi) is 3.64. The molecule has 2 aromatic rings. The number of rotatable bonds is 3. The minimum atomic E-state index is -0.466. The van der Waals surface area contributed by atoms with Crippen molar-refractivity contribution in [3.05, 3.63) is 40.6 Å². The molecule has 1 aliphatic heterocycles. The van der Waals surface area contributed by atoms with Gasteiger partial charge in [0.15, 0.2) is 5.82 Å². The zero-order valence-electron chi connectivity index (χ0n) is 11.5. The number of halogens is 1. The van der Waals surface area contributed by atoms with Gasteiger partial charge in [0, 0.05) is 6.20 Å². The molecule has 2 N–H and O–H groups in total. The average molecular weight is 319 g/mol. The lowest BCUT2D eigenvalue weighted by Crippen LogP contribution is -2.06. The van der Waals surface area contributed by atoms with Crippen LogP contribution in [0.2, 0.25) is 5.15 Å². The van der Waals surface area contributed by atoms with Crippen LogP contribution >= 0.6 is 11.6 Å². The third-order valence-corrected chi connectivity index (χ3v) is 3.22. The summed E-state index contributed by atoms with van der Waals surface area (Å²) >= 11 is 5.82. The van der Waals surface area contributed by atoms with E-state index in [1.54, 1.807) is 19.2 Å². The van der Waals surface area contributed by atoms with Gasteiger partial charge in [-0.15, -0.1) is 0 Å². The Morgan fingerprint density at radius 1 is 1.50 bits per heavy atom. The third-order valence-electron chi connectivity index (χ3n) is 3.04. The van der Waals surface area contributed by atoms with E-state index in [0.29, 0.717) is 22.8 Å². The highest BCUT2D eigenvalue weighted by molar-refractivity contribution is 6.35. The van der Waals surface area contributed by atoms with Crippen LogP contribution in [0.4, 0.5) is 5.82 Å². The van der Waals surface area contributed by atoms with Gasteiger partial charge in [-0.25, -0.2) is 14.8 Å². The molecule has 0 spiro atoms. The van der Waals surface area contributed by atoms with Crippen molar-refractivity contribution in [2.45, 2.75) is 6.92 Å². The topological polar surface area (TPSA) is 97.0 Å². The number of ether oxygens (including phenoxy) is 1. The van der Waals surface area contributed by atoms with Crippen LogP contribution in [0, 0.1) is 0 Å². The highest BCUT2D eigenvalue weighted by Crippen LogP contribution is 2.31. The zero-order chi connectivity index (χ0) is 15.7. The minimum absolute atomic E-state index is 0.179. The molecule has 0 aromatic carbocycles. The van der Waals surface area contributed by atoms with Crippen molar-refractivity contribution in [2.24, 2.45) is 0 Å². The van der Waals surface area contributed by atoms with E-state index in [2.05, 4.69) is 20.3 Å². The van der Waals surface area contributed by atoms with Crippen LogP contribution in [0.5, 0.6) is 0 Å². The molecule has 3 rings (SSSR count). The van der Waals surface area contributed by atoms with Crippen molar-refractivity contribution in [1.82, 2.24) is 15.0 Å². The number of fused-ring (bicyclic) bond motifs is 1. The summed E-state index contributed by atoms with van der Waals surface area (Å²) in [6.07, 6.45) is 4.47. The van der Waals surface area contributed by atoms with E-state index in [-0.39, 0.29) is 23.2 Å². The maximum absolute atomic E-state index is 12.0. The molecule has 1 amide bonds. The number of nitrogens with one attached hydrogen (secondary N) is 2. The Morgan fingerprint density at radius 3 is 3.09 bits per heavy atom. The summed E-state index contributed by atoms with van der Waals surface area (Å²) in [7, 11) is 0. The summed E-state index contributed by atoms with van der Waals surface area (Å²) in [6.45, 7) is 1.99. The molecule has 2 aromatic heterocycles. The van der Waals surface area contributed by atoms with Crippen molar-refractivity contribution in [3.8, 4) is 0 Å². The number of hydrogen-bond donors (Lipinski definition) is 2. The molecule has 3 heterocycles. The van der Waals surface area contributed by atoms with E-state index < -0.39 is 5.97 Å². The van der Waals surface area contributed by atoms with Gasteiger partial charge >= 0.3 is 5.97 Å². The second-order valence-corrected chi connectivity index (χ2v) is 4.81. The normalized spacial score (nSPS) is 14.8. The molecule has 0 bridgehead atoms. The van der Waals surface area contributed by atoms with Gasteiger partial charge < -0.3 is 15.0 Å². The molecule has 7 nitrogen and oxygen atoms in total. The van der Waals surface area contributed by atoms with Crippen LogP contribution in [0.1, 0.15) is 28.7 Å². The SMILES string of the molecule is CCOC(=O)c1cc[nH]c1/C=C1\C(=O)Nc2ncc(Cl)nc21. The summed E-state index contributed by atoms with van der Waals surface area (Å²) in [4.78, 5) is 34.9. The van der Waals surface area contributed by atoms with Crippen molar-refractivity contribution >= 4 is 40.9 Å². The van der Waals surface area contributed by atoms with Crippen molar-refractivity contribution < 1.29 is 14.3 Å². The number of carbonyl (C=O) groups is 2. The molecule has 0 atom stereocenters. The summed E-state index contributed by atoms with van der Waals surface area (Å²) in [5.41, 5.74) is 1.42. The number of esters is 1. The lowest BCUT2D eigenvalue weighted by molar-refractivity contribution is -0.110. The van der Waals surface area contributed by atoms with Crippen LogP contribution in [0.25, 0.3) is 11.6 Å². The van der Waals surface area contributed by atoms with Gasteiger partial charge in [0.05, 0.1) is 29.6 Å². The number of nitrogens with zero attached hydrogens (tertiary/aromatic N) is 2. The molecule has 0 unspecified atom stereocenters. The number of amides is 1. The lowest BCUT2D eigenvalue weighted by atomic mass is 10.1. The summed E-state index contributed by atoms with van der Waals surface area (Å²) < 4.78 is 4.97. The summed E-state index contributed by atoms with van der Waals surface area (Å²) in [5, 5.41) is 2.77. The molecule has 0 aliphatic carbocycles. The second-order valence-electron chi connectivity index (χ2n) is 4.43. The fraction of sp³-hybridized carbons (Fsp3) is 0.143. The van der Waals surface area contributed by atoms with Gasteiger partial charge in [0.25, 0.3) is 5.91 Å². The van der Waals surface area contributed by atoms with E-state index in [4.69, 9.17) is 16.3 Å². The van der Waals surface area contributed by atoms with Crippen molar-refractivity contribution in [1.29, 1.82) is 0 Å². The fourth-order valence-corrected chi connectivity index (χ4v) is 2.23. The molecule has 0 fully saturated rings. The van der Waals surface area contributed by atoms with E-state index in [1.807, 2.05) is 0 Å². The Bertz CT molecular complexity index is 797. The number of H-pyrrole nitrogens is 1. The molecular formula is C14H11ClN4O3. The van der Waals surface area contributed by atoms with E-state index in [9.17, 15) is 9.59 Å². The number of hydrogen-bond acceptors (Lipinski definition) is 5. The number of carbonyl (C=O) groups excluding carboxylic acids is 2. The van der Waals surface area contributed by atoms with Crippen LogP contribution in [-0.2, 0) is 9.53 Å². The first-order valence-electron chi connectivity index (χ1n) is 6.50. The maximum atomic E-state index is 12.0. The first-order chi connectivity index (χ1) is 10.6. The van der Waals surface area contributed by atoms with Crippen molar-refractivity contribution in [3.63, 3.8) is 0 Å². The predicted molar refractivity (Wildman–Crippen MR) is 80.3 cm³/mol. The molecule has 22 heavy (non-hydrogen) atoms. The maximum Gasteiger partial charge on any atom is 0.340 e. The molecule has 0 radical (unpaired) electrons. The first kappa shape index (κ1) is 14.3. The number of anilines is 1. The van der Waals surface area contributed by atoms with Crippen LogP contribution < -0.4 is 5.32 Å². The molecule has 112 valence electrons. The van der Waals surface area contributed by atoms with Gasteiger partial charge in [-0.2, -0.15) is 0 Å². The highest BCUT2D eigenvalue weighted by atomic mass is 35.5. The van der Waals surface area contributed by atoms with E-state index in [1.165, 1.54) is 12.3 Å². The van der Waals surface area contributed by atoms with Gasteiger partial charge in [-0.1, -0.05) is 11.6 Å². The monoisotopic (exact) mass is 318 g/mol. The average Bonchev–Trinajstić information content (AvgIpc) is 3.06. The van der Waals surface area contributed by atoms with Crippen LogP contribution in [0.3, 0.4) is 0 Å². The third kappa shape index (κ3) is 2.46. The molecule has 8 heteroatoms. The Morgan fingerprint density at radius 2 is 2.32 bits per heavy atom. The number of aromatic nitrogens is 3. The molecule has 1 aliphatic rings. The van der Waals surface area contributed by atoms with Gasteiger partial charge in [-0.3, -0.25) is 4.79 Å². The van der Waals surface area contributed by atoms with Crippen LogP contribution in [-0.4, -0.2) is 33.4 Å². The van der Waals surface area contributed by atoms with E-state index in [0.717, 1.165) is 0 Å². The fourth-order valence-electron chi connectivity index (χ4n) is 2.10. The summed E-state index contributed by atoms with van der Waals surface area (Å²) in [6, 6.07) is 1.59. The molecule has 0 saturated carbocycles. The van der Waals surface area contributed by atoms with Gasteiger partial charge in [0.2, 0.25) is 0 Å². The standard InChI is InChI=1S/C14H11ClN4O3/c1-2-22-14(21)7-3-4-16-9(7)5-8-11-12(19-13(8)20)17-6-10(15)18-11/h3-6,16H,2H2,1H3,(H,17,19,20)/b8-5-. The Hall–Kier alpha value is -2.67. The highest BCUT2D eigenvalue weighted by Gasteiger charge is 2.28. The number of aromatic amines is 1. The first-order valence-corrected chi connectivity index (χ1v) is 6.88. The van der Waals surface area contributed by atoms with Gasteiger partial charge in [0.1, 0.15) is 10.8 Å². The molecule has 0 saturated heterocycles. The predicted octanol–water partition coefficient (Wildman–Crippen LogP) is 2.13. The van der Waals surface area contributed by atoms with Crippen molar-refractivity contribution in [2.75, 3.05) is 11.9 Å². The van der Waals surface area contributed by atoms with Crippen LogP contribution in [0.15, 0.2) is 18.5 Å². The zero-order valence-corrected chi connectivity index (χ0v) is 12.3. The largest absolute Gasteiger partial charge is 0.462 e. The minimum Gasteiger partial charge on any atom is -0.462 e. The van der Waals surface area contributed by atoms with E-state index >= 15 is 0 Å². The quantitative estimate of drug-likeness (QED) is 0.667. The Labute approximate surface area is 130 Å².